The van der Waals surface area contributed by atoms with Crippen LogP contribution in [-0.2, 0) is 19.4 Å². The number of rotatable bonds is 7. The Balaban J connectivity index is 1.34. The van der Waals surface area contributed by atoms with Gasteiger partial charge >= 0.3 is 5.97 Å². The summed E-state index contributed by atoms with van der Waals surface area (Å²) in [5.41, 5.74) is 2.91. The fourth-order valence-electron chi connectivity index (χ4n) is 3.90. The molecule has 0 radical (unpaired) electrons. The Morgan fingerprint density at radius 1 is 1.29 bits per heavy atom. The lowest BCUT2D eigenvalue weighted by atomic mass is 10.1. The zero-order valence-electron chi connectivity index (χ0n) is 17.2. The Morgan fingerprint density at radius 2 is 2.06 bits per heavy atom. The van der Waals surface area contributed by atoms with Crippen molar-refractivity contribution in [3.05, 3.63) is 47.3 Å². The Kier molecular flexibility index (Phi) is 6.23. The summed E-state index contributed by atoms with van der Waals surface area (Å²) >= 11 is 2.80. The highest BCUT2D eigenvalue weighted by Gasteiger charge is 2.31. The fourth-order valence-corrected chi connectivity index (χ4v) is 7.47. The van der Waals surface area contributed by atoms with Gasteiger partial charge in [0.1, 0.15) is 0 Å². The van der Waals surface area contributed by atoms with Crippen LogP contribution in [-0.4, -0.2) is 53.6 Å². The molecule has 0 unspecified atom stereocenters. The van der Waals surface area contributed by atoms with E-state index in [0.717, 1.165) is 20.3 Å². The molecule has 1 aromatic carbocycles. The number of hydrogen-bond donors (Lipinski definition) is 0. The molecule has 7 nitrogen and oxygen atoms in total. The SMILES string of the molecule is Cc1cc(C(=O)COC(=O)CSc2nc3ccccc3s2)c(C)n1[C@H]1CCS(=O)(=O)C1. The molecule has 1 fully saturated rings. The van der Waals surface area contributed by atoms with Crippen molar-refractivity contribution in [2.75, 3.05) is 23.9 Å². The molecule has 10 heteroatoms. The van der Waals surface area contributed by atoms with Crippen LogP contribution in [0, 0.1) is 13.8 Å². The van der Waals surface area contributed by atoms with Crippen LogP contribution in [0.3, 0.4) is 0 Å². The van der Waals surface area contributed by atoms with Crippen molar-refractivity contribution < 1.29 is 22.7 Å². The fraction of sp³-hybridized carbons (Fsp3) is 0.381. The number of benzene rings is 1. The number of carbonyl (C=O) groups excluding carboxylic acids is 2. The molecule has 1 aliphatic rings. The van der Waals surface area contributed by atoms with Gasteiger partial charge in [-0.2, -0.15) is 0 Å². The van der Waals surface area contributed by atoms with E-state index in [0.29, 0.717) is 17.7 Å². The molecule has 0 bridgehead atoms. The van der Waals surface area contributed by atoms with Crippen LogP contribution < -0.4 is 0 Å². The van der Waals surface area contributed by atoms with Crippen LogP contribution in [0.4, 0.5) is 0 Å². The van der Waals surface area contributed by atoms with Gasteiger partial charge in [-0.05, 0) is 38.5 Å². The number of ether oxygens (including phenoxy) is 1. The summed E-state index contributed by atoms with van der Waals surface area (Å²) in [5, 5.41) is 0. The molecule has 0 amide bonds. The third-order valence-electron chi connectivity index (χ3n) is 5.31. The van der Waals surface area contributed by atoms with Crippen molar-refractivity contribution in [1.29, 1.82) is 0 Å². The van der Waals surface area contributed by atoms with E-state index < -0.39 is 15.8 Å². The normalized spacial score (nSPS) is 17.8. The quantitative estimate of drug-likeness (QED) is 0.291. The van der Waals surface area contributed by atoms with Crippen LogP contribution >= 0.6 is 23.1 Å². The predicted molar refractivity (Wildman–Crippen MR) is 122 cm³/mol. The lowest BCUT2D eigenvalue weighted by molar-refractivity contribution is -0.139. The van der Waals surface area contributed by atoms with Crippen molar-refractivity contribution in [2.24, 2.45) is 0 Å². The van der Waals surface area contributed by atoms with Gasteiger partial charge in [0.15, 0.2) is 20.8 Å². The third-order valence-corrected chi connectivity index (χ3v) is 9.21. The van der Waals surface area contributed by atoms with Gasteiger partial charge in [-0.1, -0.05) is 23.9 Å². The van der Waals surface area contributed by atoms with Gasteiger partial charge in [-0.25, -0.2) is 13.4 Å². The van der Waals surface area contributed by atoms with Gasteiger partial charge in [0.2, 0.25) is 5.78 Å². The molecule has 0 saturated carbocycles. The summed E-state index contributed by atoms with van der Waals surface area (Å²) < 4.78 is 32.6. The smallest absolute Gasteiger partial charge is 0.316 e. The molecule has 2 aromatic heterocycles. The first-order valence-corrected chi connectivity index (χ1v) is 13.4. The van der Waals surface area contributed by atoms with E-state index >= 15 is 0 Å². The molecule has 1 aliphatic heterocycles. The second kappa shape index (κ2) is 8.76. The van der Waals surface area contributed by atoms with Gasteiger partial charge in [-0.3, -0.25) is 9.59 Å². The summed E-state index contributed by atoms with van der Waals surface area (Å²) in [6.07, 6.45) is 0.546. The number of aryl methyl sites for hydroxylation is 1. The number of carbonyl (C=O) groups is 2. The molecule has 164 valence electrons. The van der Waals surface area contributed by atoms with Crippen LogP contribution in [0.5, 0.6) is 0 Å². The number of sulfone groups is 1. The standard InChI is InChI=1S/C21H22N2O5S3/c1-13-9-16(14(2)23(13)15-7-8-31(26,27)12-15)18(24)10-28-20(25)11-29-21-22-17-5-3-4-6-19(17)30-21/h3-6,9,15H,7-8,10-12H2,1-2H3/t15-/m0/s1. The molecule has 0 spiro atoms. The van der Waals surface area contributed by atoms with Crippen molar-refractivity contribution >= 4 is 54.9 Å². The maximum Gasteiger partial charge on any atom is 0.316 e. The highest BCUT2D eigenvalue weighted by molar-refractivity contribution is 8.01. The topological polar surface area (TPSA) is 95.3 Å². The lowest BCUT2D eigenvalue weighted by Gasteiger charge is -2.16. The van der Waals surface area contributed by atoms with E-state index in [1.807, 2.05) is 35.8 Å². The molecule has 3 aromatic rings. The van der Waals surface area contributed by atoms with E-state index in [1.54, 1.807) is 13.0 Å². The second-order valence-electron chi connectivity index (χ2n) is 7.53. The largest absolute Gasteiger partial charge is 0.457 e. The first-order chi connectivity index (χ1) is 14.7. The summed E-state index contributed by atoms with van der Waals surface area (Å²) in [6, 6.07) is 9.35. The number of para-hydroxylation sites is 1. The third kappa shape index (κ3) is 4.86. The summed E-state index contributed by atoms with van der Waals surface area (Å²) in [6.45, 7) is 3.32. The van der Waals surface area contributed by atoms with E-state index in [2.05, 4.69) is 4.98 Å². The van der Waals surface area contributed by atoms with E-state index in [4.69, 9.17) is 4.74 Å². The second-order valence-corrected chi connectivity index (χ2v) is 12.0. The zero-order valence-corrected chi connectivity index (χ0v) is 19.6. The van der Waals surface area contributed by atoms with Gasteiger partial charge in [0.05, 0.1) is 27.5 Å². The molecule has 1 atom stereocenters. The number of esters is 1. The highest BCUT2D eigenvalue weighted by atomic mass is 32.2. The van der Waals surface area contributed by atoms with E-state index in [-0.39, 0.29) is 35.7 Å². The van der Waals surface area contributed by atoms with Gasteiger partial charge < -0.3 is 9.30 Å². The van der Waals surface area contributed by atoms with E-state index in [1.165, 1.54) is 23.1 Å². The number of aromatic nitrogens is 2. The number of ketones is 1. The molecule has 31 heavy (non-hydrogen) atoms. The highest BCUT2D eigenvalue weighted by Crippen LogP contribution is 2.30. The molecular formula is C21H22N2O5S3. The van der Waals surface area contributed by atoms with Crippen LogP contribution in [0.2, 0.25) is 0 Å². The lowest BCUT2D eigenvalue weighted by Crippen LogP contribution is -2.17. The monoisotopic (exact) mass is 478 g/mol. The number of nitrogens with zero attached hydrogens (tertiary/aromatic N) is 2. The number of fused-ring (bicyclic) bond motifs is 1. The molecule has 0 N–H and O–H groups in total. The molecule has 1 saturated heterocycles. The Morgan fingerprint density at radius 3 is 2.77 bits per heavy atom. The maximum atomic E-state index is 12.6. The number of hydrogen-bond acceptors (Lipinski definition) is 8. The van der Waals surface area contributed by atoms with Crippen molar-refractivity contribution in [1.82, 2.24) is 9.55 Å². The van der Waals surface area contributed by atoms with E-state index in [9.17, 15) is 18.0 Å². The minimum absolute atomic E-state index is 0.0755. The van der Waals surface area contributed by atoms with Crippen molar-refractivity contribution in [3.63, 3.8) is 0 Å². The van der Waals surface area contributed by atoms with Gasteiger partial charge in [0.25, 0.3) is 0 Å². The van der Waals surface area contributed by atoms with Gasteiger partial charge in [0, 0.05) is 23.0 Å². The minimum atomic E-state index is -3.03. The first-order valence-electron chi connectivity index (χ1n) is 9.79. The molecule has 3 heterocycles. The van der Waals surface area contributed by atoms with Gasteiger partial charge in [-0.15, -0.1) is 11.3 Å². The predicted octanol–water partition coefficient (Wildman–Crippen LogP) is 3.59. The summed E-state index contributed by atoms with van der Waals surface area (Å²) in [7, 11) is -3.03. The van der Waals surface area contributed by atoms with Crippen molar-refractivity contribution in [2.45, 2.75) is 30.6 Å². The Bertz CT molecular complexity index is 1230. The van der Waals surface area contributed by atoms with Crippen LogP contribution in [0.1, 0.15) is 34.2 Å². The summed E-state index contributed by atoms with van der Waals surface area (Å²) in [5.74, 6) is -0.435. The molecule has 4 rings (SSSR count). The molecular weight excluding hydrogens is 456 g/mol. The van der Waals surface area contributed by atoms with Crippen molar-refractivity contribution in [3.8, 4) is 0 Å². The molecule has 0 aliphatic carbocycles. The Labute approximate surface area is 188 Å². The van der Waals surface area contributed by atoms with Crippen LogP contribution in [0.25, 0.3) is 10.2 Å². The number of thiazole rings is 1. The summed E-state index contributed by atoms with van der Waals surface area (Å²) in [4.78, 5) is 29.2. The number of Topliss-reactive ketones (excluding diaryl/α,β-unsaturated/α-hetero) is 1. The average molecular weight is 479 g/mol. The average Bonchev–Trinajstić information content (AvgIpc) is 3.38. The van der Waals surface area contributed by atoms with Crippen LogP contribution in [0.15, 0.2) is 34.7 Å². The first kappa shape index (κ1) is 22.0. The Hall–Kier alpha value is -2.17. The maximum absolute atomic E-state index is 12.6. The minimum Gasteiger partial charge on any atom is -0.457 e. The number of thioether (sulfide) groups is 1. The zero-order chi connectivity index (χ0) is 22.2.